The standard InChI is InChI=1S/C14H27NO6S/c1-14(2,3)21-13(16)15-11(10-20-22(4,17)18)9-12-7-5-6-8-19-12/h11-12H,5-10H2,1-4H3,(H,15,16)/t11-,12?/m1/s1. The van der Waals surface area contributed by atoms with Crippen LogP contribution in [-0.2, 0) is 23.8 Å². The van der Waals surface area contributed by atoms with E-state index >= 15 is 0 Å². The minimum atomic E-state index is -3.56. The number of alkyl carbamates (subject to hydrolysis) is 1. The molecule has 0 bridgehead atoms. The molecule has 0 radical (unpaired) electrons. The van der Waals surface area contributed by atoms with E-state index in [-0.39, 0.29) is 12.7 Å². The maximum atomic E-state index is 11.9. The van der Waals surface area contributed by atoms with Gasteiger partial charge in [0, 0.05) is 6.61 Å². The van der Waals surface area contributed by atoms with E-state index in [2.05, 4.69) is 5.32 Å². The first-order chi connectivity index (χ1) is 10.1. The Morgan fingerprint density at radius 3 is 2.55 bits per heavy atom. The third kappa shape index (κ3) is 9.22. The molecule has 22 heavy (non-hydrogen) atoms. The van der Waals surface area contributed by atoms with E-state index in [4.69, 9.17) is 13.7 Å². The molecule has 1 amide bonds. The number of hydrogen-bond donors (Lipinski definition) is 1. The SMILES string of the molecule is CC(C)(C)OC(=O)N[C@@H](COS(C)(=O)=O)CC1CCCCO1. The van der Waals surface area contributed by atoms with Crippen LogP contribution < -0.4 is 5.32 Å². The van der Waals surface area contributed by atoms with Crippen molar-refractivity contribution in [3.05, 3.63) is 0 Å². The quantitative estimate of drug-likeness (QED) is 0.743. The monoisotopic (exact) mass is 337 g/mol. The highest BCUT2D eigenvalue weighted by Gasteiger charge is 2.25. The number of carbonyl (C=O) groups excluding carboxylic acids is 1. The van der Waals surface area contributed by atoms with E-state index in [1.165, 1.54) is 0 Å². The smallest absolute Gasteiger partial charge is 0.407 e. The summed E-state index contributed by atoms with van der Waals surface area (Å²) in [7, 11) is -3.56. The number of carbonyl (C=O) groups is 1. The minimum Gasteiger partial charge on any atom is -0.444 e. The van der Waals surface area contributed by atoms with Crippen molar-refractivity contribution in [2.24, 2.45) is 0 Å². The summed E-state index contributed by atoms with van der Waals surface area (Å²) in [5, 5.41) is 2.66. The van der Waals surface area contributed by atoms with Crippen LogP contribution in [0, 0.1) is 0 Å². The number of hydrogen-bond acceptors (Lipinski definition) is 6. The fourth-order valence-corrected chi connectivity index (χ4v) is 2.57. The van der Waals surface area contributed by atoms with Crippen molar-refractivity contribution in [3.63, 3.8) is 0 Å². The molecule has 1 unspecified atom stereocenters. The molecule has 1 heterocycles. The van der Waals surface area contributed by atoms with Gasteiger partial charge in [0.05, 0.1) is 25.0 Å². The molecule has 1 saturated heterocycles. The van der Waals surface area contributed by atoms with Crippen LogP contribution in [0.1, 0.15) is 46.5 Å². The van der Waals surface area contributed by atoms with Gasteiger partial charge in [-0.3, -0.25) is 4.18 Å². The molecule has 8 heteroatoms. The van der Waals surface area contributed by atoms with Gasteiger partial charge in [0.25, 0.3) is 10.1 Å². The van der Waals surface area contributed by atoms with Crippen molar-refractivity contribution in [2.45, 2.75) is 64.2 Å². The van der Waals surface area contributed by atoms with Crippen LogP contribution in [0.5, 0.6) is 0 Å². The zero-order chi connectivity index (χ0) is 16.8. The van der Waals surface area contributed by atoms with Gasteiger partial charge >= 0.3 is 6.09 Å². The zero-order valence-corrected chi connectivity index (χ0v) is 14.6. The molecule has 0 aromatic heterocycles. The Hall–Kier alpha value is -0.860. The summed E-state index contributed by atoms with van der Waals surface area (Å²) in [6.07, 6.45) is 3.87. The van der Waals surface area contributed by atoms with Crippen molar-refractivity contribution in [3.8, 4) is 0 Å². The average molecular weight is 337 g/mol. The molecule has 0 saturated carbocycles. The van der Waals surface area contributed by atoms with Gasteiger partial charge in [-0.25, -0.2) is 4.79 Å². The summed E-state index contributed by atoms with van der Waals surface area (Å²) >= 11 is 0. The minimum absolute atomic E-state index is 0.00292. The molecule has 0 aromatic rings. The summed E-state index contributed by atoms with van der Waals surface area (Å²) in [4.78, 5) is 11.9. The summed E-state index contributed by atoms with van der Waals surface area (Å²) in [6.45, 7) is 5.85. The summed E-state index contributed by atoms with van der Waals surface area (Å²) in [5.74, 6) is 0. The Labute approximate surface area is 132 Å². The molecular weight excluding hydrogens is 310 g/mol. The lowest BCUT2D eigenvalue weighted by atomic mass is 10.0. The van der Waals surface area contributed by atoms with E-state index in [9.17, 15) is 13.2 Å². The van der Waals surface area contributed by atoms with E-state index < -0.39 is 27.9 Å². The second-order valence-electron chi connectivity index (χ2n) is 6.56. The zero-order valence-electron chi connectivity index (χ0n) is 13.8. The molecule has 1 N–H and O–H groups in total. The van der Waals surface area contributed by atoms with Crippen molar-refractivity contribution < 1.29 is 26.9 Å². The van der Waals surface area contributed by atoms with Crippen molar-refractivity contribution in [2.75, 3.05) is 19.5 Å². The van der Waals surface area contributed by atoms with Gasteiger partial charge in [-0.1, -0.05) is 0 Å². The normalized spacial score (nSPS) is 21.2. The molecule has 1 rings (SSSR count). The molecule has 2 atom stereocenters. The predicted octanol–water partition coefficient (Wildman–Crippen LogP) is 1.82. The van der Waals surface area contributed by atoms with Gasteiger partial charge in [-0.15, -0.1) is 0 Å². The van der Waals surface area contributed by atoms with E-state index in [0.717, 1.165) is 25.5 Å². The molecule has 0 spiro atoms. The van der Waals surface area contributed by atoms with Gasteiger partial charge < -0.3 is 14.8 Å². The largest absolute Gasteiger partial charge is 0.444 e. The molecule has 0 aromatic carbocycles. The van der Waals surface area contributed by atoms with Crippen LogP contribution in [-0.4, -0.2) is 51.7 Å². The number of rotatable bonds is 6. The topological polar surface area (TPSA) is 90.9 Å². The lowest BCUT2D eigenvalue weighted by Crippen LogP contribution is -2.44. The van der Waals surface area contributed by atoms with Crippen LogP contribution in [0.25, 0.3) is 0 Å². The number of amides is 1. The summed E-state index contributed by atoms with van der Waals surface area (Å²) in [5.41, 5.74) is -0.617. The second-order valence-corrected chi connectivity index (χ2v) is 8.20. The van der Waals surface area contributed by atoms with Crippen molar-refractivity contribution in [1.82, 2.24) is 5.32 Å². The van der Waals surface area contributed by atoms with Crippen molar-refractivity contribution in [1.29, 1.82) is 0 Å². The molecule has 130 valence electrons. The predicted molar refractivity (Wildman–Crippen MR) is 82.2 cm³/mol. The Bertz CT molecular complexity index is 450. The Balaban J connectivity index is 2.57. The molecular formula is C14H27NO6S. The first-order valence-electron chi connectivity index (χ1n) is 7.51. The van der Waals surface area contributed by atoms with E-state index in [1.54, 1.807) is 20.8 Å². The molecule has 7 nitrogen and oxygen atoms in total. The second kappa shape index (κ2) is 8.12. The van der Waals surface area contributed by atoms with Crippen LogP contribution in [0.15, 0.2) is 0 Å². The van der Waals surface area contributed by atoms with Crippen molar-refractivity contribution >= 4 is 16.2 Å². The van der Waals surface area contributed by atoms with Gasteiger partial charge in [-0.2, -0.15) is 8.42 Å². The first-order valence-corrected chi connectivity index (χ1v) is 9.32. The highest BCUT2D eigenvalue weighted by molar-refractivity contribution is 7.85. The number of nitrogens with one attached hydrogen (secondary N) is 1. The fraction of sp³-hybridized carbons (Fsp3) is 0.929. The van der Waals surface area contributed by atoms with Gasteiger partial charge in [0.15, 0.2) is 0 Å². The lowest BCUT2D eigenvalue weighted by molar-refractivity contribution is 0.0000995. The average Bonchev–Trinajstić information content (AvgIpc) is 2.34. The van der Waals surface area contributed by atoms with Gasteiger partial charge in [0.1, 0.15) is 5.60 Å². The maximum absolute atomic E-state index is 11.9. The van der Waals surface area contributed by atoms with Crippen LogP contribution in [0.4, 0.5) is 4.79 Å². The van der Waals surface area contributed by atoms with Gasteiger partial charge in [0.2, 0.25) is 0 Å². The maximum Gasteiger partial charge on any atom is 0.407 e. The highest BCUT2D eigenvalue weighted by atomic mass is 32.2. The lowest BCUT2D eigenvalue weighted by Gasteiger charge is -2.28. The van der Waals surface area contributed by atoms with Gasteiger partial charge in [-0.05, 0) is 46.5 Å². The van der Waals surface area contributed by atoms with Crippen LogP contribution >= 0.6 is 0 Å². The Morgan fingerprint density at radius 1 is 1.36 bits per heavy atom. The van der Waals surface area contributed by atoms with Crippen LogP contribution in [0.2, 0.25) is 0 Å². The third-order valence-electron chi connectivity index (χ3n) is 3.03. The summed E-state index contributed by atoms with van der Waals surface area (Å²) in [6, 6.07) is -0.479. The fourth-order valence-electron chi connectivity index (χ4n) is 2.16. The number of ether oxygens (including phenoxy) is 2. The van der Waals surface area contributed by atoms with E-state index in [1.807, 2.05) is 0 Å². The first kappa shape index (κ1) is 19.2. The molecule has 1 aliphatic rings. The van der Waals surface area contributed by atoms with Crippen LogP contribution in [0.3, 0.4) is 0 Å². The molecule has 0 aliphatic carbocycles. The molecule has 1 aliphatic heterocycles. The third-order valence-corrected chi connectivity index (χ3v) is 3.59. The molecule has 1 fully saturated rings. The Kier molecular flexibility index (Phi) is 7.08. The Morgan fingerprint density at radius 2 is 2.05 bits per heavy atom. The summed E-state index contributed by atoms with van der Waals surface area (Å²) < 4.78 is 37.9. The van der Waals surface area contributed by atoms with E-state index in [0.29, 0.717) is 13.0 Å². The highest BCUT2D eigenvalue weighted by Crippen LogP contribution is 2.18.